The highest BCUT2D eigenvalue weighted by molar-refractivity contribution is 6.58. The molecular formula is C29H45Cl2NO4. The standard InChI is InChI=1S/C29H45Cl2NO4/c1-6-32(7-2)26(35)29(30,31)15-18(3)22-10-11-23-21-9-8-19-14-20(36-17-33)12-13-27(19,4)25(21)24(34)16-28(22,23)5/h17-23,25H,6-16H2,1-5H3/t18-,19-,20-,21+,22-,23+,25-,27+,28-/m1/s1. The van der Waals surface area contributed by atoms with Crippen LogP contribution in [0.5, 0.6) is 0 Å². The van der Waals surface area contributed by atoms with Crippen LogP contribution >= 0.6 is 23.2 Å². The summed E-state index contributed by atoms with van der Waals surface area (Å²) < 4.78 is 3.90. The predicted molar refractivity (Wildman–Crippen MR) is 143 cm³/mol. The molecular weight excluding hydrogens is 497 g/mol. The van der Waals surface area contributed by atoms with Gasteiger partial charge in [0.05, 0.1) is 0 Å². The number of hydrogen-bond donors (Lipinski definition) is 0. The highest BCUT2D eigenvalue weighted by Crippen LogP contribution is 2.67. The Kier molecular flexibility index (Phi) is 8.14. The summed E-state index contributed by atoms with van der Waals surface area (Å²) in [5.74, 6) is 2.22. The molecule has 0 heterocycles. The Labute approximate surface area is 227 Å². The fraction of sp³-hybridized carbons (Fsp3) is 0.897. The maximum absolute atomic E-state index is 14.0. The number of alkyl halides is 2. The van der Waals surface area contributed by atoms with Crippen LogP contribution in [0.1, 0.15) is 92.4 Å². The number of halogens is 2. The van der Waals surface area contributed by atoms with Crippen LogP contribution in [-0.4, -0.2) is 46.6 Å². The summed E-state index contributed by atoms with van der Waals surface area (Å²) in [6.45, 7) is 12.5. The summed E-state index contributed by atoms with van der Waals surface area (Å²) in [7, 11) is 0. The van der Waals surface area contributed by atoms with E-state index in [1.807, 2.05) is 13.8 Å². The van der Waals surface area contributed by atoms with Gasteiger partial charge in [0, 0.05) is 25.4 Å². The first kappa shape index (κ1) is 28.2. The molecule has 0 aromatic rings. The molecule has 0 N–H and O–H groups in total. The van der Waals surface area contributed by atoms with E-state index >= 15 is 0 Å². The lowest BCUT2D eigenvalue weighted by molar-refractivity contribution is -0.166. The molecule has 9 atom stereocenters. The quantitative estimate of drug-likeness (QED) is 0.262. The molecule has 4 saturated carbocycles. The third-order valence-electron chi connectivity index (χ3n) is 11.3. The lowest BCUT2D eigenvalue weighted by Crippen LogP contribution is -2.58. The largest absolute Gasteiger partial charge is 0.465 e. The van der Waals surface area contributed by atoms with Crippen molar-refractivity contribution >= 4 is 41.4 Å². The highest BCUT2D eigenvalue weighted by atomic mass is 35.5. The molecule has 204 valence electrons. The maximum Gasteiger partial charge on any atom is 0.293 e. The van der Waals surface area contributed by atoms with E-state index in [0.29, 0.717) is 61.9 Å². The third kappa shape index (κ3) is 4.63. The van der Waals surface area contributed by atoms with Crippen molar-refractivity contribution in [3.8, 4) is 0 Å². The first-order chi connectivity index (χ1) is 16.9. The van der Waals surface area contributed by atoms with Crippen molar-refractivity contribution in [1.29, 1.82) is 0 Å². The van der Waals surface area contributed by atoms with E-state index in [-0.39, 0.29) is 34.7 Å². The van der Waals surface area contributed by atoms with Crippen LogP contribution in [0.25, 0.3) is 0 Å². The van der Waals surface area contributed by atoms with E-state index in [9.17, 15) is 14.4 Å². The van der Waals surface area contributed by atoms with Crippen molar-refractivity contribution in [3.05, 3.63) is 0 Å². The zero-order valence-corrected chi connectivity index (χ0v) is 24.2. The van der Waals surface area contributed by atoms with E-state index in [1.165, 1.54) is 0 Å². The fourth-order valence-corrected chi connectivity index (χ4v) is 10.3. The van der Waals surface area contributed by atoms with Crippen molar-refractivity contribution in [2.45, 2.75) is 103 Å². The van der Waals surface area contributed by atoms with Gasteiger partial charge in [-0.25, -0.2) is 0 Å². The van der Waals surface area contributed by atoms with Gasteiger partial charge >= 0.3 is 0 Å². The Balaban J connectivity index is 1.51. The number of ketones is 1. The molecule has 0 bridgehead atoms. The summed E-state index contributed by atoms with van der Waals surface area (Å²) in [4.78, 5) is 39.6. The first-order valence-electron chi connectivity index (χ1n) is 14.2. The maximum atomic E-state index is 14.0. The summed E-state index contributed by atoms with van der Waals surface area (Å²) in [5.41, 5.74) is -0.0633. The van der Waals surface area contributed by atoms with E-state index in [0.717, 1.165) is 44.9 Å². The number of hydrogen-bond acceptors (Lipinski definition) is 4. The van der Waals surface area contributed by atoms with Crippen molar-refractivity contribution in [2.75, 3.05) is 13.1 Å². The van der Waals surface area contributed by atoms with Gasteiger partial charge in [0.25, 0.3) is 12.4 Å². The molecule has 0 aromatic carbocycles. The Morgan fingerprint density at radius 3 is 2.47 bits per heavy atom. The molecule has 0 radical (unpaired) electrons. The van der Waals surface area contributed by atoms with Gasteiger partial charge in [0.2, 0.25) is 0 Å². The molecule has 0 saturated heterocycles. The van der Waals surface area contributed by atoms with E-state index in [1.54, 1.807) is 4.90 Å². The Morgan fingerprint density at radius 2 is 1.83 bits per heavy atom. The number of carbonyl (C=O) groups is 3. The smallest absolute Gasteiger partial charge is 0.293 e. The summed E-state index contributed by atoms with van der Waals surface area (Å²) >= 11 is 13.4. The number of nitrogens with zero attached hydrogens (tertiary/aromatic N) is 1. The van der Waals surface area contributed by atoms with Gasteiger partial charge in [-0.3, -0.25) is 14.4 Å². The minimum atomic E-state index is -1.44. The summed E-state index contributed by atoms with van der Waals surface area (Å²) in [6, 6.07) is 0. The van der Waals surface area contributed by atoms with Gasteiger partial charge in [-0.2, -0.15) is 0 Å². The molecule has 1 amide bonds. The molecule has 4 aliphatic carbocycles. The van der Waals surface area contributed by atoms with Gasteiger partial charge in [-0.1, -0.05) is 44.0 Å². The van der Waals surface area contributed by atoms with E-state index in [2.05, 4.69) is 20.8 Å². The SMILES string of the molecule is CCN(CC)C(=O)C(Cl)(Cl)C[C@@H](C)[C@H]1CC[C@H]2[C@@H]3CC[C@@H]4C[C@H](OC=O)CC[C@]4(C)[C@H]3C(=O)C[C@]12C. The van der Waals surface area contributed by atoms with Gasteiger partial charge in [-0.05, 0) is 106 Å². The highest BCUT2D eigenvalue weighted by Gasteiger charge is 2.64. The zero-order valence-electron chi connectivity index (χ0n) is 22.7. The second kappa shape index (κ2) is 10.4. The predicted octanol–water partition coefficient (Wildman–Crippen LogP) is 6.43. The number of ether oxygens (including phenoxy) is 1. The number of rotatable bonds is 8. The lowest BCUT2D eigenvalue weighted by atomic mass is 9.44. The molecule has 0 aliphatic heterocycles. The van der Waals surface area contributed by atoms with E-state index < -0.39 is 4.33 Å². The normalized spacial score (nSPS) is 41.0. The molecule has 4 rings (SSSR count). The van der Waals surface area contributed by atoms with Crippen LogP contribution < -0.4 is 0 Å². The molecule has 5 nitrogen and oxygen atoms in total. The minimum absolute atomic E-state index is 0.00298. The minimum Gasteiger partial charge on any atom is -0.465 e. The fourth-order valence-electron chi connectivity index (χ4n) is 9.58. The summed E-state index contributed by atoms with van der Waals surface area (Å²) in [5, 5.41) is 0. The average molecular weight is 543 g/mol. The Hall–Kier alpha value is -0.810. The molecule has 4 fully saturated rings. The van der Waals surface area contributed by atoms with Crippen molar-refractivity contribution in [3.63, 3.8) is 0 Å². The van der Waals surface area contributed by atoms with Gasteiger partial charge < -0.3 is 9.64 Å². The van der Waals surface area contributed by atoms with Gasteiger partial charge in [0.1, 0.15) is 11.9 Å². The lowest BCUT2D eigenvalue weighted by Gasteiger charge is -2.60. The molecule has 36 heavy (non-hydrogen) atoms. The van der Waals surface area contributed by atoms with Crippen molar-refractivity contribution < 1.29 is 19.1 Å². The van der Waals surface area contributed by atoms with Crippen LogP contribution in [0.15, 0.2) is 0 Å². The van der Waals surface area contributed by atoms with Crippen molar-refractivity contribution in [2.24, 2.45) is 46.3 Å². The van der Waals surface area contributed by atoms with Crippen LogP contribution in [0, 0.1) is 46.3 Å². The topological polar surface area (TPSA) is 63.7 Å². The molecule has 4 aliphatic rings. The van der Waals surface area contributed by atoms with Crippen LogP contribution in [0.4, 0.5) is 0 Å². The number of carbonyl (C=O) groups excluding carboxylic acids is 3. The van der Waals surface area contributed by atoms with Crippen molar-refractivity contribution in [1.82, 2.24) is 4.90 Å². The van der Waals surface area contributed by atoms with Crippen LogP contribution in [-0.2, 0) is 19.1 Å². The second-order valence-corrected chi connectivity index (χ2v) is 14.3. The van der Waals surface area contributed by atoms with E-state index in [4.69, 9.17) is 27.9 Å². The molecule has 0 unspecified atom stereocenters. The number of fused-ring (bicyclic) bond motifs is 5. The average Bonchev–Trinajstić information content (AvgIpc) is 3.16. The molecule has 0 aromatic heterocycles. The monoisotopic (exact) mass is 541 g/mol. The molecule has 0 spiro atoms. The van der Waals surface area contributed by atoms with Gasteiger partial charge in [-0.15, -0.1) is 0 Å². The molecule has 7 heteroatoms. The number of amides is 1. The Morgan fingerprint density at radius 1 is 1.14 bits per heavy atom. The first-order valence-corrected chi connectivity index (χ1v) is 15.0. The summed E-state index contributed by atoms with van der Waals surface area (Å²) in [6.07, 6.45) is 8.15. The zero-order chi connectivity index (χ0) is 26.5. The Bertz CT molecular complexity index is 860. The second-order valence-electron chi connectivity index (χ2n) is 12.9. The van der Waals surface area contributed by atoms with Crippen LogP contribution in [0.3, 0.4) is 0 Å². The third-order valence-corrected chi connectivity index (χ3v) is 11.9. The van der Waals surface area contributed by atoms with Crippen LogP contribution in [0.2, 0.25) is 0 Å². The van der Waals surface area contributed by atoms with Gasteiger partial charge in [0.15, 0.2) is 4.33 Å². The number of Topliss-reactive ketones (excluding diaryl/α,β-unsaturated/α-hetero) is 1.